The van der Waals surface area contributed by atoms with Gasteiger partial charge in [-0.3, -0.25) is 4.98 Å². The Labute approximate surface area is 112 Å². The number of benzene rings is 1. The van der Waals surface area contributed by atoms with Crippen molar-refractivity contribution in [1.29, 1.82) is 0 Å². The van der Waals surface area contributed by atoms with Crippen molar-refractivity contribution in [3.63, 3.8) is 0 Å². The largest absolute Gasteiger partial charge is 0.265 e. The van der Waals surface area contributed by atoms with Gasteiger partial charge in [-0.05, 0) is 65.8 Å². The van der Waals surface area contributed by atoms with Crippen LogP contribution in [0.5, 0.6) is 0 Å². The Morgan fingerprint density at radius 3 is 2.72 bits per heavy atom. The van der Waals surface area contributed by atoms with E-state index < -0.39 is 0 Å². The summed E-state index contributed by atoms with van der Waals surface area (Å²) in [6.07, 6.45) is 9.39. The standard InChI is InChI=1S/C16H14ClN/c17-15-5-4-13-2-1-3-14(16(13)11-15)10-12-6-8-18-9-7-12/h4-11H,1-3H2/b14-10+. The fourth-order valence-electron chi connectivity index (χ4n) is 2.48. The topological polar surface area (TPSA) is 12.9 Å². The summed E-state index contributed by atoms with van der Waals surface area (Å²) in [6, 6.07) is 10.3. The smallest absolute Gasteiger partial charge is 0.0412 e. The molecule has 0 aliphatic heterocycles. The van der Waals surface area contributed by atoms with Crippen molar-refractivity contribution in [3.8, 4) is 0 Å². The van der Waals surface area contributed by atoms with Gasteiger partial charge in [0, 0.05) is 17.4 Å². The highest BCUT2D eigenvalue weighted by Crippen LogP contribution is 2.33. The van der Waals surface area contributed by atoms with Crippen LogP contribution in [0.15, 0.2) is 42.7 Å². The maximum absolute atomic E-state index is 6.11. The zero-order valence-electron chi connectivity index (χ0n) is 10.1. The molecule has 0 radical (unpaired) electrons. The normalized spacial score (nSPS) is 16.6. The van der Waals surface area contributed by atoms with Gasteiger partial charge in [-0.1, -0.05) is 23.7 Å². The lowest BCUT2D eigenvalue weighted by Crippen LogP contribution is -2.01. The second-order valence-electron chi connectivity index (χ2n) is 4.61. The van der Waals surface area contributed by atoms with Crippen molar-refractivity contribution < 1.29 is 0 Å². The lowest BCUT2D eigenvalue weighted by atomic mass is 9.86. The number of aromatic nitrogens is 1. The van der Waals surface area contributed by atoms with Gasteiger partial charge in [-0.25, -0.2) is 0 Å². The van der Waals surface area contributed by atoms with Crippen LogP contribution in [-0.2, 0) is 6.42 Å². The maximum Gasteiger partial charge on any atom is 0.0412 e. The van der Waals surface area contributed by atoms with E-state index in [0.717, 1.165) is 17.9 Å². The second-order valence-corrected chi connectivity index (χ2v) is 5.04. The highest BCUT2D eigenvalue weighted by Gasteiger charge is 2.14. The molecule has 3 rings (SSSR count). The fraction of sp³-hybridized carbons (Fsp3) is 0.188. The Kier molecular flexibility index (Phi) is 3.16. The first kappa shape index (κ1) is 11.5. The monoisotopic (exact) mass is 255 g/mol. The molecule has 0 atom stereocenters. The van der Waals surface area contributed by atoms with Crippen molar-refractivity contribution in [2.24, 2.45) is 0 Å². The summed E-state index contributed by atoms with van der Waals surface area (Å²) >= 11 is 6.11. The first-order valence-electron chi connectivity index (χ1n) is 6.22. The summed E-state index contributed by atoms with van der Waals surface area (Å²) in [5.41, 5.74) is 5.30. The molecule has 1 aromatic carbocycles. The van der Waals surface area contributed by atoms with Gasteiger partial charge in [-0.2, -0.15) is 0 Å². The Morgan fingerprint density at radius 2 is 1.89 bits per heavy atom. The summed E-state index contributed by atoms with van der Waals surface area (Å²) < 4.78 is 0. The van der Waals surface area contributed by atoms with E-state index in [4.69, 9.17) is 11.6 Å². The molecule has 0 saturated carbocycles. The SMILES string of the molecule is Clc1ccc2c(c1)/C(=C/c1ccncc1)CCC2. The number of pyridine rings is 1. The van der Waals surface area contributed by atoms with Crippen LogP contribution in [0.1, 0.15) is 29.5 Å². The minimum Gasteiger partial charge on any atom is -0.265 e. The molecule has 0 fully saturated rings. The third-order valence-corrected chi connectivity index (χ3v) is 3.59. The highest BCUT2D eigenvalue weighted by atomic mass is 35.5. The predicted molar refractivity (Wildman–Crippen MR) is 76.5 cm³/mol. The number of hydrogen-bond donors (Lipinski definition) is 0. The van der Waals surface area contributed by atoms with Crippen LogP contribution in [0, 0.1) is 0 Å². The van der Waals surface area contributed by atoms with E-state index in [0.29, 0.717) is 0 Å². The molecule has 90 valence electrons. The Hall–Kier alpha value is -1.60. The van der Waals surface area contributed by atoms with E-state index in [2.05, 4.69) is 23.2 Å². The quantitative estimate of drug-likeness (QED) is 0.725. The minimum atomic E-state index is 0.816. The van der Waals surface area contributed by atoms with Crippen molar-refractivity contribution in [2.75, 3.05) is 0 Å². The maximum atomic E-state index is 6.11. The van der Waals surface area contributed by atoms with Crippen LogP contribution >= 0.6 is 11.6 Å². The fourth-order valence-corrected chi connectivity index (χ4v) is 2.65. The summed E-state index contributed by atoms with van der Waals surface area (Å²) in [4.78, 5) is 4.05. The van der Waals surface area contributed by atoms with Gasteiger partial charge in [0.15, 0.2) is 0 Å². The molecule has 0 N–H and O–H groups in total. The third-order valence-electron chi connectivity index (χ3n) is 3.36. The van der Waals surface area contributed by atoms with E-state index in [1.165, 1.54) is 28.7 Å². The van der Waals surface area contributed by atoms with Gasteiger partial charge in [0.25, 0.3) is 0 Å². The van der Waals surface area contributed by atoms with Gasteiger partial charge >= 0.3 is 0 Å². The molecule has 0 bridgehead atoms. The molecule has 0 spiro atoms. The molecule has 2 heteroatoms. The summed E-state index contributed by atoms with van der Waals surface area (Å²) in [7, 11) is 0. The summed E-state index contributed by atoms with van der Waals surface area (Å²) in [6.45, 7) is 0. The molecule has 0 amide bonds. The molecule has 1 aromatic heterocycles. The van der Waals surface area contributed by atoms with Crippen LogP contribution in [0.2, 0.25) is 5.02 Å². The van der Waals surface area contributed by atoms with Crippen molar-refractivity contribution in [3.05, 3.63) is 64.4 Å². The number of allylic oxidation sites excluding steroid dienone is 1. The van der Waals surface area contributed by atoms with E-state index in [-0.39, 0.29) is 0 Å². The zero-order chi connectivity index (χ0) is 12.4. The van der Waals surface area contributed by atoms with Crippen LogP contribution < -0.4 is 0 Å². The van der Waals surface area contributed by atoms with Crippen LogP contribution in [-0.4, -0.2) is 4.98 Å². The molecule has 1 aliphatic carbocycles. The first-order chi connectivity index (χ1) is 8.83. The van der Waals surface area contributed by atoms with E-state index in [9.17, 15) is 0 Å². The summed E-state index contributed by atoms with van der Waals surface area (Å²) in [5, 5.41) is 0.816. The number of fused-ring (bicyclic) bond motifs is 1. The van der Waals surface area contributed by atoms with E-state index in [1.54, 1.807) is 0 Å². The number of halogens is 1. The van der Waals surface area contributed by atoms with Gasteiger partial charge in [0.05, 0.1) is 0 Å². The number of aryl methyl sites for hydroxylation is 1. The highest BCUT2D eigenvalue weighted by molar-refractivity contribution is 6.30. The van der Waals surface area contributed by atoms with Gasteiger partial charge < -0.3 is 0 Å². The first-order valence-corrected chi connectivity index (χ1v) is 6.60. The molecular formula is C16H14ClN. The minimum absolute atomic E-state index is 0.816. The molecule has 0 unspecified atom stereocenters. The molecule has 0 saturated heterocycles. The lowest BCUT2D eigenvalue weighted by molar-refractivity contribution is 0.824. The average molecular weight is 256 g/mol. The molecule has 1 nitrogen and oxygen atoms in total. The van der Waals surface area contributed by atoms with Crippen LogP contribution in [0.4, 0.5) is 0 Å². The lowest BCUT2D eigenvalue weighted by Gasteiger charge is -2.19. The number of hydrogen-bond acceptors (Lipinski definition) is 1. The third kappa shape index (κ3) is 2.32. The van der Waals surface area contributed by atoms with Gasteiger partial charge in [-0.15, -0.1) is 0 Å². The van der Waals surface area contributed by atoms with Gasteiger partial charge in [0.1, 0.15) is 0 Å². The van der Waals surface area contributed by atoms with Crippen molar-refractivity contribution in [1.82, 2.24) is 4.98 Å². The van der Waals surface area contributed by atoms with Crippen molar-refractivity contribution in [2.45, 2.75) is 19.3 Å². The van der Waals surface area contributed by atoms with Crippen LogP contribution in [0.3, 0.4) is 0 Å². The summed E-state index contributed by atoms with van der Waals surface area (Å²) in [5.74, 6) is 0. The van der Waals surface area contributed by atoms with Gasteiger partial charge in [0.2, 0.25) is 0 Å². The zero-order valence-corrected chi connectivity index (χ0v) is 10.8. The Morgan fingerprint density at radius 1 is 1.06 bits per heavy atom. The Bertz CT molecular complexity index is 587. The van der Waals surface area contributed by atoms with E-state index >= 15 is 0 Å². The average Bonchev–Trinajstić information content (AvgIpc) is 2.41. The van der Waals surface area contributed by atoms with E-state index in [1.807, 2.05) is 30.6 Å². The predicted octanol–water partition coefficient (Wildman–Crippen LogP) is 4.61. The number of rotatable bonds is 1. The molecule has 18 heavy (non-hydrogen) atoms. The Balaban J connectivity index is 2.06. The molecule has 1 aliphatic rings. The molecular weight excluding hydrogens is 242 g/mol. The van der Waals surface area contributed by atoms with Crippen LogP contribution in [0.25, 0.3) is 11.6 Å². The molecule has 1 heterocycles. The molecule has 2 aromatic rings. The van der Waals surface area contributed by atoms with Crippen molar-refractivity contribution >= 4 is 23.3 Å². The second kappa shape index (κ2) is 4.95. The number of nitrogens with zero attached hydrogens (tertiary/aromatic N) is 1.